The maximum Gasteiger partial charge on any atom is 0.216 e. The fourth-order valence-electron chi connectivity index (χ4n) is 1.59. The van der Waals surface area contributed by atoms with E-state index in [1.807, 2.05) is 13.8 Å². The van der Waals surface area contributed by atoms with Gasteiger partial charge in [-0.15, -0.1) is 0 Å². The minimum Gasteiger partial charge on any atom is -0.236 e. The quantitative estimate of drug-likeness (QED) is 0.678. The smallest absolute Gasteiger partial charge is 0.216 e. The Morgan fingerprint density at radius 1 is 0.846 bits per heavy atom. The average Bonchev–Trinajstić information content (AvgIpc) is 1.80. The maximum atomic E-state index is 5.72. The summed E-state index contributed by atoms with van der Waals surface area (Å²) in [7, 11) is 0. The summed E-state index contributed by atoms with van der Waals surface area (Å²) in [5, 5.41) is 1.58. The molecule has 3 nitrogen and oxygen atoms in total. The van der Waals surface area contributed by atoms with Crippen molar-refractivity contribution < 1.29 is 9.68 Å². The van der Waals surface area contributed by atoms with Gasteiger partial charge in [-0.3, -0.25) is 0 Å². The number of rotatable bonds is 3. The zero-order valence-electron chi connectivity index (χ0n) is 9.50. The molecule has 0 N–H and O–H groups in total. The summed E-state index contributed by atoms with van der Waals surface area (Å²) in [6.07, 6.45) is 0. The first-order valence-corrected chi connectivity index (χ1v) is 5.07. The summed E-state index contributed by atoms with van der Waals surface area (Å²) in [5.41, 5.74) is 0. The highest BCUT2D eigenvalue weighted by atomic mass is 17.1. The fraction of sp³-hybridized carbons (Fsp3) is 1.00. The average molecular weight is 187 g/mol. The summed E-state index contributed by atoms with van der Waals surface area (Å²) in [6, 6.07) is 0.283. The molecule has 0 aliphatic carbocycles. The first-order chi connectivity index (χ1) is 5.90. The number of nitrogens with zero attached hydrogens (tertiary/aromatic N) is 1. The van der Waals surface area contributed by atoms with E-state index in [-0.39, 0.29) is 6.04 Å². The Hall–Kier alpha value is -0.120. The van der Waals surface area contributed by atoms with Crippen LogP contribution < -0.4 is 0 Å². The molecule has 1 heterocycles. The van der Waals surface area contributed by atoms with Gasteiger partial charge in [0.2, 0.25) is 5.79 Å². The van der Waals surface area contributed by atoms with Gasteiger partial charge in [0, 0.05) is 11.8 Å². The minimum absolute atomic E-state index is 0.283. The molecule has 0 amide bonds. The van der Waals surface area contributed by atoms with Gasteiger partial charge < -0.3 is 0 Å². The lowest BCUT2D eigenvalue weighted by molar-refractivity contribution is -0.641. The monoisotopic (exact) mass is 187 g/mol. The van der Waals surface area contributed by atoms with E-state index in [1.54, 1.807) is 5.23 Å². The van der Waals surface area contributed by atoms with E-state index < -0.39 is 5.79 Å². The molecule has 1 aliphatic heterocycles. The van der Waals surface area contributed by atoms with Crippen LogP contribution in [0.5, 0.6) is 0 Å². The van der Waals surface area contributed by atoms with Crippen LogP contribution in [-0.4, -0.2) is 17.1 Å². The Balaban J connectivity index is 2.58. The molecule has 1 saturated heterocycles. The standard InChI is InChI=1S/C10H21NO2/c1-7(2)10(8(3)4)12-11(13-10)9(5)6/h7-9H,1-6H3. The molecule has 0 aromatic rings. The molecular weight excluding hydrogens is 166 g/mol. The molecule has 78 valence electrons. The van der Waals surface area contributed by atoms with Crippen molar-refractivity contribution in [2.45, 2.75) is 53.4 Å². The van der Waals surface area contributed by atoms with Gasteiger partial charge in [0.1, 0.15) is 0 Å². The largest absolute Gasteiger partial charge is 0.236 e. The maximum absolute atomic E-state index is 5.72. The third-order valence-electron chi connectivity index (χ3n) is 2.50. The Morgan fingerprint density at radius 3 is 1.46 bits per heavy atom. The number of hydrogen-bond acceptors (Lipinski definition) is 3. The van der Waals surface area contributed by atoms with Crippen molar-refractivity contribution in [2.24, 2.45) is 11.8 Å². The second-order valence-corrected chi connectivity index (χ2v) is 4.59. The lowest BCUT2D eigenvalue weighted by Gasteiger charge is -2.53. The van der Waals surface area contributed by atoms with Gasteiger partial charge in [0.15, 0.2) is 0 Å². The molecule has 13 heavy (non-hydrogen) atoms. The van der Waals surface area contributed by atoms with Crippen molar-refractivity contribution in [3.8, 4) is 0 Å². The SMILES string of the molecule is CC(C)N1OC(C(C)C)(C(C)C)O1. The topological polar surface area (TPSA) is 21.7 Å². The summed E-state index contributed by atoms with van der Waals surface area (Å²) in [5.74, 6) is 0.356. The molecule has 1 rings (SSSR count). The van der Waals surface area contributed by atoms with Gasteiger partial charge in [0.05, 0.1) is 6.04 Å². The van der Waals surface area contributed by atoms with Crippen LogP contribution in [0.1, 0.15) is 41.5 Å². The highest BCUT2D eigenvalue weighted by Gasteiger charge is 2.52. The van der Waals surface area contributed by atoms with Gasteiger partial charge in [-0.2, -0.15) is 0 Å². The molecule has 0 radical (unpaired) electrons. The van der Waals surface area contributed by atoms with Gasteiger partial charge in [-0.1, -0.05) is 32.9 Å². The molecule has 1 aliphatic rings. The second kappa shape index (κ2) is 3.56. The zero-order valence-corrected chi connectivity index (χ0v) is 9.50. The van der Waals surface area contributed by atoms with Crippen LogP contribution in [0.3, 0.4) is 0 Å². The molecule has 0 bridgehead atoms. The third-order valence-corrected chi connectivity index (χ3v) is 2.50. The zero-order chi connectivity index (χ0) is 10.2. The highest BCUT2D eigenvalue weighted by Crippen LogP contribution is 2.41. The molecule has 3 heteroatoms. The Kier molecular flexibility index (Phi) is 3.00. The van der Waals surface area contributed by atoms with E-state index in [0.29, 0.717) is 11.8 Å². The van der Waals surface area contributed by atoms with Gasteiger partial charge in [-0.25, -0.2) is 9.68 Å². The number of hydroxylamine groups is 2. The molecule has 0 unspecified atom stereocenters. The van der Waals surface area contributed by atoms with Crippen molar-refractivity contribution in [3.05, 3.63) is 0 Å². The first kappa shape index (κ1) is 11.0. The second-order valence-electron chi connectivity index (χ2n) is 4.59. The van der Waals surface area contributed by atoms with E-state index in [2.05, 4.69) is 27.7 Å². The Bertz CT molecular complexity index is 162. The van der Waals surface area contributed by atoms with Crippen molar-refractivity contribution >= 4 is 0 Å². The minimum atomic E-state index is -0.399. The first-order valence-electron chi connectivity index (χ1n) is 5.07. The Labute approximate surface area is 80.9 Å². The summed E-state index contributed by atoms with van der Waals surface area (Å²) >= 11 is 0. The van der Waals surface area contributed by atoms with Crippen LogP contribution in [-0.2, 0) is 9.68 Å². The molecule has 0 aromatic carbocycles. The molecule has 0 aromatic heterocycles. The van der Waals surface area contributed by atoms with Crippen LogP contribution in [0.15, 0.2) is 0 Å². The fourth-order valence-corrected chi connectivity index (χ4v) is 1.59. The van der Waals surface area contributed by atoms with Crippen LogP contribution >= 0.6 is 0 Å². The lowest BCUT2D eigenvalue weighted by atomic mass is 9.91. The van der Waals surface area contributed by atoms with E-state index in [4.69, 9.17) is 9.68 Å². The van der Waals surface area contributed by atoms with Crippen LogP contribution in [0.2, 0.25) is 0 Å². The van der Waals surface area contributed by atoms with Crippen molar-refractivity contribution in [1.82, 2.24) is 5.23 Å². The summed E-state index contributed by atoms with van der Waals surface area (Å²) in [4.78, 5) is 11.4. The Morgan fingerprint density at radius 2 is 1.23 bits per heavy atom. The van der Waals surface area contributed by atoms with E-state index in [9.17, 15) is 0 Å². The van der Waals surface area contributed by atoms with E-state index in [0.717, 1.165) is 0 Å². The third kappa shape index (κ3) is 1.73. The lowest BCUT2D eigenvalue weighted by Crippen LogP contribution is -2.64. The highest BCUT2D eigenvalue weighted by molar-refractivity contribution is 4.80. The van der Waals surface area contributed by atoms with E-state index >= 15 is 0 Å². The van der Waals surface area contributed by atoms with Crippen molar-refractivity contribution in [1.29, 1.82) is 0 Å². The number of hydrogen-bond donors (Lipinski definition) is 0. The van der Waals surface area contributed by atoms with Crippen LogP contribution in [0.25, 0.3) is 0 Å². The molecule has 0 atom stereocenters. The normalized spacial score (nSPS) is 22.8. The molecule has 0 spiro atoms. The van der Waals surface area contributed by atoms with Gasteiger partial charge in [-0.05, 0) is 13.8 Å². The van der Waals surface area contributed by atoms with E-state index in [1.165, 1.54) is 0 Å². The summed E-state index contributed by atoms with van der Waals surface area (Å²) < 4.78 is 0. The molecule has 1 fully saturated rings. The molecule has 0 saturated carbocycles. The van der Waals surface area contributed by atoms with Crippen molar-refractivity contribution in [3.63, 3.8) is 0 Å². The predicted octanol–water partition coefficient (Wildman–Crippen LogP) is 2.58. The summed E-state index contributed by atoms with van der Waals surface area (Å²) in [6.45, 7) is 12.6. The van der Waals surface area contributed by atoms with Crippen molar-refractivity contribution in [2.75, 3.05) is 0 Å². The van der Waals surface area contributed by atoms with Gasteiger partial charge in [0.25, 0.3) is 0 Å². The van der Waals surface area contributed by atoms with Crippen LogP contribution in [0.4, 0.5) is 0 Å². The van der Waals surface area contributed by atoms with Gasteiger partial charge >= 0.3 is 0 Å². The molecular formula is C10H21NO2. The van der Waals surface area contributed by atoms with Crippen LogP contribution in [0, 0.1) is 11.8 Å². The predicted molar refractivity (Wildman–Crippen MR) is 51.6 cm³/mol.